The van der Waals surface area contributed by atoms with E-state index in [1.165, 1.54) is 19.2 Å². The number of amides is 1. The predicted octanol–water partition coefficient (Wildman–Crippen LogP) is 4.72. The van der Waals surface area contributed by atoms with Crippen molar-refractivity contribution in [1.82, 2.24) is 19.7 Å². The molecule has 0 unspecified atom stereocenters. The minimum Gasteiger partial charge on any atom is -0.323 e. The number of halogens is 3. The molecule has 1 amide bonds. The number of rotatable bonds is 2. The number of benzene rings is 1. The highest BCUT2D eigenvalue weighted by Crippen LogP contribution is 2.38. The van der Waals surface area contributed by atoms with E-state index in [-0.39, 0.29) is 16.8 Å². The number of H-pyrrole nitrogens is 1. The summed E-state index contributed by atoms with van der Waals surface area (Å²) in [6.07, 6.45) is -1.89. The molecule has 2 N–H and O–H groups in total. The number of aryl methyl sites for hydroxylation is 2. The second-order valence-corrected chi connectivity index (χ2v) is 8.98. The maximum atomic E-state index is 13.1. The molecule has 160 valence electrons. The van der Waals surface area contributed by atoms with Gasteiger partial charge in [-0.2, -0.15) is 18.3 Å². The van der Waals surface area contributed by atoms with Crippen LogP contribution in [0, 0.1) is 11.3 Å². The third kappa shape index (κ3) is 3.57. The highest BCUT2D eigenvalue weighted by Gasteiger charge is 2.37. The van der Waals surface area contributed by atoms with Crippen molar-refractivity contribution < 1.29 is 18.0 Å². The Kier molecular flexibility index (Phi) is 4.67. The van der Waals surface area contributed by atoms with E-state index < -0.39 is 12.0 Å². The first-order chi connectivity index (χ1) is 13.9. The Morgan fingerprint density at radius 3 is 2.67 bits per heavy atom. The summed E-state index contributed by atoms with van der Waals surface area (Å²) in [5.74, 6) is -0.913. The van der Waals surface area contributed by atoms with E-state index in [0.29, 0.717) is 22.8 Å². The topological polar surface area (TPSA) is 75.6 Å². The molecule has 2 heterocycles. The molecule has 0 spiro atoms. The molecule has 0 saturated heterocycles. The SMILES string of the molecule is Cn1c(C(F)(F)F)nc2cc(NC(=O)c3n[nH]c4c3C[C@@H](C(C)(C)C)CC4)ccc21. The Labute approximate surface area is 171 Å². The van der Waals surface area contributed by atoms with Gasteiger partial charge in [0.05, 0.1) is 11.0 Å². The molecule has 1 aliphatic rings. The second-order valence-electron chi connectivity index (χ2n) is 8.98. The summed E-state index contributed by atoms with van der Waals surface area (Å²) >= 11 is 0. The zero-order valence-corrected chi connectivity index (χ0v) is 17.3. The van der Waals surface area contributed by atoms with Crippen molar-refractivity contribution in [1.29, 1.82) is 0 Å². The molecule has 0 bridgehead atoms. The van der Waals surface area contributed by atoms with Gasteiger partial charge >= 0.3 is 6.18 Å². The number of hydrogen-bond donors (Lipinski definition) is 2. The zero-order valence-electron chi connectivity index (χ0n) is 17.3. The molecule has 0 fully saturated rings. The number of nitrogens with zero attached hydrogens (tertiary/aromatic N) is 3. The zero-order chi connectivity index (χ0) is 21.8. The quantitative estimate of drug-likeness (QED) is 0.631. The molecule has 4 rings (SSSR count). The Morgan fingerprint density at radius 2 is 2.00 bits per heavy atom. The molecule has 1 aliphatic carbocycles. The highest BCUT2D eigenvalue weighted by atomic mass is 19.4. The van der Waals surface area contributed by atoms with Crippen LogP contribution in [0.4, 0.5) is 18.9 Å². The number of aromatic amines is 1. The van der Waals surface area contributed by atoms with Gasteiger partial charge in [0.15, 0.2) is 5.69 Å². The van der Waals surface area contributed by atoms with Crippen molar-refractivity contribution in [2.75, 3.05) is 5.32 Å². The van der Waals surface area contributed by atoms with Gasteiger partial charge in [-0.15, -0.1) is 0 Å². The maximum absolute atomic E-state index is 13.1. The summed E-state index contributed by atoms with van der Waals surface area (Å²) in [7, 11) is 1.32. The van der Waals surface area contributed by atoms with Crippen molar-refractivity contribution in [3.8, 4) is 0 Å². The number of fused-ring (bicyclic) bond motifs is 2. The van der Waals surface area contributed by atoms with Crippen LogP contribution >= 0.6 is 0 Å². The van der Waals surface area contributed by atoms with Crippen molar-refractivity contribution >= 4 is 22.6 Å². The Hall–Kier alpha value is -2.84. The van der Waals surface area contributed by atoms with E-state index in [1.807, 2.05) is 0 Å². The molecule has 6 nitrogen and oxygen atoms in total. The lowest BCUT2D eigenvalue weighted by molar-refractivity contribution is -0.146. The van der Waals surface area contributed by atoms with Gasteiger partial charge in [0.1, 0.15) is 0 Å². The highest BCUT2D eigenvalue weighted by molar-refractivity contribution is 6.04. The summed E-state index contributed by atoms with van der Waals surface area (Å²) in [6, 6.07) is 4.53. The first-order valence-corrected chi connectivity index (χ1v) is 9.86. The van der Waals surface area contributed by atoms with Crippen LogP contribution < -0.4 is 5.32 Å². The number of anilines is 1. The number of carbonyl (C=O) groups excluding carboxylic acids is 1. The van der Waals surface area contributed by atoms with Crippen molar-refractivity contribution in [2.45, 2.75) is 46.2 Å². The van der Waals surface area contributed by atoms with E-state index in [9.17, 15) is 18.0 Å². The molecule has 1 atom stereocenters. The normalized spacial score (nSPS) is 17.2. The summed E-state index contributed by atoms with van der Waals surface area (Å²) in [4.78, 5) is 16.6. The third-order valence-electron chi connectivity index (χ3n) is 5.98. The molecular weight excluding hydrogens is 395 g/mol. The van der Waals surface area contributed by atoms with Crippen LogP contribution in [0.25, 0.3) is 11.0 Å². The molecule has 30 heavy (non-hydrogen) atoms. The maximum Gasteiger partial charge on any atom is 0.449 e. The number of nitrogens with one attached hydrogen (secondary N) is 2. The summed E-state index contributed by atoms with van der Waals surface area (Å²) in [6.45, 7) is 6.58. The van der Waals surface area contributed by atoms with Crippen molar-refractivity contribution in [2.24, 2.45) is 18.4 Å². The lowest BCUT2D eigenvalue weighted by Gasteiger charge is -2.33. The fourth-order valence-corrected chi connectivity index (χ4v) is 4.14. The lowest BCUT2D eigenvalue weighted by Crippen LogP contribution is -2.28. The number of alkyl halides is 3. The minimum atomic E-state index is -4.55. The Bertz CT molecular complexity index is 1120. The van der Waals surface area contributed by atoms with Crippen LogP contribution in [0.15, 0.2) is 18.2 Å². The van der Waals surface area contributed by atoms with Gasteiger partial charge in [-0.05, 0) is 48.8 Å². The van der Waals surface area contributed by atoms with Gasteiger partial charge in [-0.3, -0.25) is 9.89 Å². The molecular formula is C21H24F3N5O. The molecule has 3 aromatic rings. The number of carbonyl (C=O) groups is 1. The second kappa shape index (κ2) is 6.85. The number of hydrogen-bond acceptors (Lipinski definition) is 3. The van der Waals surface area contributed by atoms with Crippen molar-refractivity contribution in [3.05, 3.63) is 41.0 Å². The van der Waals surface area contributed by atoms with Crippen LogP contribution in [-0.2, 0) is 26.1 Å². The van der Waals surface area contributed by atoms with Crippen LogP contribution in [0.1, 0.15) is 54.8 Å². The van der Waals surface area contributed by atoms with Crippen LogP contribution in [0.2, 0.25) is 0 Å². The Balaban J connectivity index is 1.60. The monoisotopic (exact) mass is 419 g/mol. The number of aromatic nitrogens is 4. The van der Waals surface area contributed by atoms with Gasteiger partial charge < -0.3 is 9.88 Å². The first-order valence-electron chi connectivity index (χ1n) is 9.86. The minimum absolute atomic E-state index is 0.128. The van der Waals surface area contributed by atoms with Gasteiger partial charge in [-0.25, -0.2) is 4.98 Å². The van der Waals surface area contributed by atoms with E-state index in [4.69, 9.17) is 0 Å². The molecule has 9 heteroatoms. The average Bonchev–Trinajstić information content (AvgIpc) is 3.21. The third-order valence-corrected chi connectivity index (χ3v) is 5.98. The average molecular weight is 419 g/mol. The largest absolute Gasteiger partial charge is 0.449 e. The van der Waals surface area contributed by atoms with Gasteiger partial charge in [0, 0.05) is 24.0 Å². The van der Waals surface area contributed by atoms with E-state index >= 15 is 0 Å². The summed E-state index contributed by atoms with van der Waals surface area (Å²) in [5, 5.41) is 9.94. The van der Waals surface area contributed by atoms with Gasteiger partial charge in [0.2, 0.25) is 5.82 Å². The van der Waals surface area contributed by atoms with Crippen LogP contribution in [0.3, 0.4) is 0 Å². The fourth-order valence-electron chi connectivity index (χ4n) is 4.14. The smallest absolute Gasteiger partial charge is 0.323 e. The summed E-state index contributed by atoms with van der Waals surface area (Å²) < 4.78 is 40.3. The van der Waals surface area contributed by atoms with Crippen LogP contribution in [0.5, 0.6) is 0 Å². The van der Waals surface area contributed by atoms with E-state index in [2.05, 4.69) is 41.3 Å². The predicted molar refractivity (Wildman–Crippen MR) is 107 cm³/mol. The molecule has 1 aromatic carbocycles. The van der Waals surface area contributed by atoms with E-state index in [1.54, 1.807) is 6.07 Å². The molecule has 0 aliphatic heterocycles. The number of imidazole rings is 1. The van der Waals surface area contributed by atoms with Gasteiger partial charge in [0.25, 0.3) is 5.91 Å². The lowest BCUT2D eigenvalue weighted by atomic mass is 9.71. The molecule has 0 saturated carbocycles. The molecule has 2 aromatic heterocycles. The van der Waals surface area contributed by atoms with Gasteiger partial charge in [-0.1, -0.05) is 20.8 Å². The molecule has 0 radical (unpaired) electrons. The standard InChI is InChI=1S/C21H24F3N5O/c1-20(2,3)11-5-7-14-13(9-11)17(28-27-14)18(30)25-12-6-8-16-15(10-12)26-19(29(16)4)21(22,23)24/h6,8,10-11H,5,7,9H2,1-4H3,(H,25,30)(H,27,28)/t11-/m0/s1. The van der Waals surface area contributed by atoms with Crippen molar-refractivity contribution in [3.63, 3.8) is 0 Å². The fraction of sp³-hybridized carbons (Fsp3) is 0.476. The van der Waals surface area contributed by atoms with Crippen LogP contribution in [-0.4, -0.2) is 25.7 Å². The Morgan fingerprint density at radius 1 is 1.27 bits per heavy atom. The summed E-state index contributed by atoms with van der Waals surface area (Å²) in [5.41, 5.74) is 3.26. The van der Waals surface area contributed by atoms with E-state index in [0.717, 1.165) is 35.1 Å². The first kappa shape index (κ1) is 20.4.